The van der Waals surface area contributed by atoms with Crippen LogP contribution in [0.5, 0.6) is 0 Å². The summed E-state index contributed by atoms with van der Waals surface area (Å²) in [5.41, 5.74) is 6.16. The summed E-state index contributed by atoms with van der Waals surface area (Å²) in [4.78, 5) is 0.118. The normalized spacial score (nSPS) is 15.4. The van der Waals surface area contributed by atoms with Crippen LogP contribution in [-0.2, 0) is 10.0 Å². The number of aliphatic hydroxyl groups excluding tert-OH is 1. The number of nitrogens with two attached hydrogens (primary N) is 1. The van der Waals surface area contributed by atoms with E-state index in [0.29, 0.717) is 10.6 Å². The molecule has 0 fully saturated rings. The van der Waals surface area contributed by atoms with E-state index in [-0.39, 0.29) is 11.4 Å². The molecule has 0 aromatic heterocycles. The quantitative estimate of drug-likeness (QED) is 0.742. The maximum Gasteiger partial charge on any atom is 0.240 e. The van der Waals surface area contributed by atoms with E-state index in [2.05, 4.69) is 4.72 Å². The Morgan fingerprint density at radius 3 is 2.67 bits per heavy atom. The van der Waals surface area contributed by atoms with E-state index in [9.17, 15) is 13.5 Å². The number of benzene rings is 1. The van der Waals surface area contributed by atoms with Gasteiger partial charge in [-0.3, -0.25) is 0 Å². The second kappa shape index (κ2) is 5.99. The average molecular weight is 293 g/mol. The van der Waals surface area contributed by atoms with E-state index >= 15 is 0 Å². The largest absolute Gasteiger partial charge is 0.392 e. The second-order valence-corrected chi connectivity index (χ2v) is 6.34. The highest BCUT2D eigenvalue weighted by atomic mass is 35.5. The van der Waals surface area contributed by atoms with Crippen molar-refractivity contribution in [3.05, 3.63) is 28.8 Å². The van der Waals surface area contributed by atoms with Crippen LogP contribution in [0.15, 0.2) is 23.1 Å². The Morgan fingerprint density at radius 2 is 2.11 bits per heavy atom. The Hall–Kier alpha value is -0.660. The number of aliphatic hydroxyl groups is 1. The minimum atomic E-state index is -3.67. The molecule has 102 valence electrons. The van der Waals surface area contributed by atoms with Crippen molar-refractivity contribution in [2.75, 3.05) is 6.54 Å². The van der Waals surface area contributed by atoms with Crippen molar-refractivity contribution in [2.45, 2.75) is 30.9 Å². The fourth-order valence-corrected chi connectivity index (χ4v) is 2.90. The molecule has 0 saturated heterocycles. The van der Waals surface area contributed by atoms with Gasteiger partial charge in [-0.15, -0.1) is 0 Å². The zero-order valence-corrected chi connectivity index (χ0v) is 11.8. The van der Waals surface area contributed by atoms with Crippen molar-refractivity contribution < 1.29 is 13.5 Å². The van der Waals surface area contributed by atoms with Crippen LogP contribution in [0.1, 0.15) is 12.5 Å². The van der Waals surface area contributed by atoms with E-state index in [4.69, 9.17) is 17.3 Å². The Labute approximate surface area is 112 Å². The summed E-state index contributed by atoms with van der Waals surface area (Å²) in [6.45, 7) is 3.15. The monoisotopic (exact) mass is 292 g/mol. The first-order valence-electron chi connectivity index (χ1n) is 5.43. The van der Waals surface area contributed by atoms with Crippen molar-refractivity contribution in [1.82, 2.24) is 4.72 Å². The third kappa shape index (κ3) is 3.93. The Balaban J connectivity index is 2.90. The lowest BCUT2D eigenvalue weighted by Crippen LogP contribution is -2.43. The lowest BCUT2D eigenvalue weighted by atomic mass is 10.2. The molecule has 1 aromatic carbocycles. The molecule has 5 nitrogen and oxygen atoms in total. The first-order valence-corrected chi connectivity index (χ1v) is 7.29. The van der Waals surface area contributed by atoms with Crippen LogP contribution in [-0.4, -0.2) is 32.2 Å². The van der Waals surface area contributed by atoms with Gasteiger partial charge >= 0.3 is 0 Å². The third-order valence-electron chi connectivity index (χ3n) is 2.57. The molecule has 0 radical (unpaired) electrons. The molecule has 0 heterocycles. The fourth-order valence-electron chi connectivity index (χ4n) is 1.32. The summed E-state index contributed by atoms with van der Waals surface area (Å²) >= 11 is 5.78. The van der Waals surface area contributed by atoms with E-state index in [1.807, 2.05) is 0 Å². The Bertz CT molecular complexity index is 517. The summed E-state index contributed by atoms with van der Waals surface area (Å²) in [6, 6.07) is 3.98. The van der Waals surface area contributed by atoms with E-state index < -0.39 is 22.2 Å². The molecule has 1 aromatic rings. The molecule has 0 bridgehead atoms. The molecule has 0 amide bonds. The number of nitrogens with one attached hydrogen (secondary N) is 1. The number of rotatable bonds is 5. The number of sulfonamides is 1. The van der Waals surface area contributed by atoms with Crippen LogP contribution in [0.25, 0.3) is 0 Å². The molecule has 7 heteroatoms. The lowest BCUT2D eigenvalue weighted by Gasteiger charge is -2.16. The number of hydrogen-bond acceptors (Lipinski definition) is 4. The predicted octanol–water partition coefficient (Wildman–Crippen LogP) is 0.635. The Kier molecular flexibility index (Phi) is 5.12. The van der Waals surface area contributed by atoms with Gasteiger partial charge in [0.05, 0.1) is 11.0 Å². The first-order chi connectivity index (χ1) is 8.24. The van der Waals surface area contributed by atoms with Gasteiger partial charge in [0, 0.05) is 17.6 Å². The number of halogens is 1. The Morgan fingerprint density at radius 1 is 1.50 bits per heavy atom. The van der Waals surface area contributed by atoms with Crippen molar-refractivity contribution in [3.8, 4) is 0 Å². The molecule has 0 aliphatic carbocycles. The molecule has 2 unspecified atom stereocenters. The fraction of sp³-hybridized carbons (Fsp3) is 0.455. The zero-order chi connectivity index (χ0) is 13.9. The van der Waals surface area contributed by atoms with Crippen LogP contribution in [0.4, 0.5) is 0 Å². The molecule has 2 atom stereocenters. The van der Waals surface area contributed by atoms with Gasteiger partial charge in [-0.1, -0.05) is 17.7 Å². The SMILES string of the molecule is Cc1ccc(Cl)cc1S(=O)(=O)NCC(N)C(C)O. The van der Waals surface area contributed by atoms with E-state index in [1.54, 1.807) is 19.1 Å². The highest BCUT2D eigenvalue weighted by Crippen LogP contribution is 2.19. The van der Waals surface area contributed by atoms with Gasteiger partial charge in [0.1, 0.15) is 0 Å². The summed E-state index contributed by atoms with van der Waals surface area (Å²) in [5, 5.41) is 9.55. The van der Waals surface area contributed by atoms with Gasteiger partial charge in [0.25, 0.3) is 0 Å². The van der Waals surface area contributed by atoms with Crippen LogP contribution in [0.3, 0.4) is 0 Å². The molecule has 0 spiro atoms. The van der Waals surface area contributed by atoms with Crippen LogP contribution < -0.4 is 10.5 Å². The zero-order valence-electron chi connectivity index (χ0n) is 10.2. The highest BCUT2D eigenvalue weighted by Gasteiger charge is 2.19. The molecular formula is C11H17ClN2O3S. The minimum Gasteiger partial charge on any atom is -0.392 e. The number of hydrogen-bond donors (Lipinski definition) is 3. The van der Waals surface area contributed by atoms with Crippen LogP contribution in [0.2, 0.25) is 5.02 Å². The molecule has 4 N–H and O–H groups in total. The van der Waals surface area contributed by atoms with Crippen LogP contribution in [0, 0.1) is 6.92 Å². The smallest absolute Gasteiger partial charge is 0.240 e. The van der Waals surface area contributed by atoms with Gasteiger partial charge < -0.3 is 10.8 Å². The van der Waals surface area contributed by atoms with E-state index in [1.165, 1.54) is 13.0 Å². The van der Waals surface area contributed by atoms with Gasteiger partial charge in [-0.05, 0) is 31.5 Å². The number of aryl methyl sites for hydroxylation is 1. The van der Waals surface area contributed by atoms with Gasteiger partial charge in [0.15, 0.2) is 0 Å². The predicted molar refractivity (Wildman–Crippen MR) is 71.0 cm³/mol. The maximum atomic E-state index is 12.0. The highest BCUT2D eigenvalue weighted by molar-refractivity contribution is 7.89. The molecule has 0 saturated carbocycles. The molecule has 0 aliphatic heterocycles. The molecule has 18 heavy (non-hydrogen) atoms. The van der Waals surface area contributed by atoms with E-state index in [0.717, 1.165) is 0 Å². The molecular weight excluding hydrogens is 276 g/mol. The summed E-state index contributed by atoms with van der Waals surface area (Å²) in [7, 11) is -3.67. The average Bonchev–Trinajstić information content (AvgIpc) is 2.29. The first kappa shape index (κ1) is 15.4. The maximum absolute atomic E-state index is 12.0. The van der Waals surface area contributed by atoms with Crippen molar-refractivity contribution in [1.29, 1.82) is 0 Å². The third-order valence-corrected chi connectivity index (χ3v) is 4.37. The summed E-state index contributed by atoms with van der Waals surface area (Å²) in [5.74, 6) is 0. The van der Waals surface area contributed by atoms with Crippen molar-refractivity contribution in [2.24, 2.45) is 5.73 Å². The summed E-state index contributed by atoms with van der Waals surface area (Å²) < 4.78 is 26.4. The lowest BCUT2D eigenvalue weighted by molar-refractivity contribution is 0.164. The van der Waals surface area contributed by atoms with Crippen molar-refractivity contribution in [3.63, 3.8) is 0 Å². The topological polar surface area (TPSA) is 92.4 Å². The summed E-state index contributed by atoms with van der Waals surface area (Å²) in [6.07, 6.45) is -0.784. The minimum absolute atomic E-state index is 0.0358. The van der Waals surface area contributed by atoms with Gasteiger partial charge in [0.2, 0.25) is 10.0 Å². The second-order valence-electron chi connectivity index (χ2n) is 4.17. The van der Waals surface area contributed by atoms with Crippen molar-refractivity contribution >= 4 is 21.6 Å². The standard InChI is InChI=1S/C11H17ClN2O3S/c1-7-3-4-9(12)5-11(7)18(16,17)14-6-10(13)8(2)15/h3-5,8,10,14-15H,6,13H2,1-2H3. The van der Waals surface area contributed by atoms with Gasteiger partial charge in [-0.25, -0.2) is 13.1 Å². The molecule has 1 rings (SSSR count). The van der Waals surface area contributed by atoms with Crippen LogP contribution >= 0.6 is 11.6 Å². The van der Waals surface area contributed by atoms with Gasteiger partial charge in [-0.2, -0.15) is 0 Å². The molecule has 0 aliphatic rings.